The molecule has 0 aliphatic heterocycles. The molecule has 2 aromatic carbocycles. The Bertz CT molecular complexity index is 801. The van der Waals surface area contributed by atoms with Crippen LogP contribution in [0.5, 0.6) is 0 Å². The lowest BCUT2D eigenvalue weighted by Crippen LogP contribution is -1.98. The van der Waals surface area contributed by atoms with Crippen LogP contribution in [-0.2, 0) is 16.8 Å². The van der Waals surface area contributed by atoms with Gasteiger partial charge in [0.1, 0.15) is 5.82 Å². The lowest BCUT2D eigenvalue weighted by molar-refractivity contribution is 0.533. The monoisotopic (exact) mass is 349 g/mol. The highest BCUT2D eigenvalue weighted by Gasteiger charge is 2.18. The molecule has 0 bridgehead atoms. The Balaban J connectivity index is 2.00. The minimum Gasteiger partial charge on any atom is -0.772 e. The average Bonchev–Trinajstić information content (AvgIpc) is 2.98. The standard InChI is InChI=1S/C18H16ClFO2S/c19-15-4-1-3-12(9-15)16-5-2-6-17(16)13-7-8-14(11-23(21)22)18(20)10-13/h1,3-4,7-10H,2,5-6,11H2,(H,21,22)/p-1. The van der Waals surface area contributed by atoms with Gasteiger partial charge in [-0.3, -0.25) is 4.21 Å². The Morgan fingerprint density at radius 3 is 2.39 bits per heavy atom. The van der Waals surface area contributed by atoms with Crippen molar-refractivity contribution in [3.8, 4) is 0 Å². The molecule has 0 fully saturated rings. The van der Waals surface area contributed by atoms with E-state index in [1.807, 2.05) is 24.3 Å². The first-order valence-corrected chi connectivity index (χ1v) is 8.99. The summed E-state index contributed by atoms with van der Waals surface area (Å²) in [6.45, 7) is 0. The second-order valence-electron chi connectivity index (χ2n) is 5.58. The lowest BCUT2D eigenvalue weighted by Gasteiger charge is -2.11. The van der Waals surface area contributed by atoms with Crippen molar-refractivity contribution in [2.24, 2.45) is 0 Å². The van der Waals surface area contributed by atoms with Gasteiger partial charge < -0.3 is 4.55 Å². The molecule has 120 valence electrons. The summed E-state index contributed by atoms with van der Waals surface area (Å²) >= 11 is 3.78. The van der Waals surface area contributed by atoms with Gasteiger partial charge in [0.25, 0.3) is 0 Å². The summed E-state index contributed by atoms with van der Waals surface area (Å²) in [4.78, 5) is 0. The van der Waals surface area contributed by atoms with Crippen LogP contribution in [0.15, 0.2) is 42.5 Å². The molecule has 0 heterocycles. The second-order valence-corrected chi connectivity index (χ2v) is 6.91. The third kappa shape index (κ3) is 3.71. The fourth-order valence-corrected chi connectivity index (χ4v) is 3.71. The number of halogens is 2. The molecular formula is C18H15ClFO2S-. The Hall–Kier alpha value is -1.49. The van der Waals surface area contributed by atoms with E-state index in [0.717, 1.165) is 36.0 Å². The normalized spacial score (nSPS) is 16.0. The fourth-order valence-electron chi connectivity index (χ4n) is 3.04. The van der Waals surface area contributed by atoms with Gasteiger partial charge in [-0.05, 0) is 65.3 Å². The maximum atomic E-state index is 14.1. The average molecular weight is 350 g/mol. The predicted molar refractivity (Wildman–Crippen MR) is 91.1 cm³/mol. The van der Waals surface area contributed by atoms with E-state index in [1.54, 1.807) is 12.1 Å². The van der Waals surface area contributed by atoms with Gasteiger partial charge in [0.2, 0.25) is 0 Å². The van der Waals surface area contributed by atoms with Crippen molar-refractivity contribution in [3.05, 3.63) is 70.0 Å². The van der Waals surface area contributed by atoms with E-state index in [0.29, 0.717) is 5.02 Å². The van der Waals surface area contributed by atoms with Crippen LogP contribution in [0.25, 0.3) is 11.1 Å². The molecule has 1 unspecified atom stereocenters. The zero-order valence-electron chi connectivity index (χ0n) is 12.4. The number of rotatable bonds is 4. The van der Waals surface area contributed by atoms with Crippen LogP contribution in [0, 0.1) is 5.82 Å². The van der Waals surface area contributed by atoms with Gasteiger partial charge in [-0.25, -0.2) is 4.39 Å². The van der Waals surface area contributed by atoms with E-state index in [2.05, 4.69) is 0 Å². The highest BCUT2D eigenvalue weighted by molar-refractivity contribution is 7.78. The second kappa shape index (κ2) is 6.95. The molecular weight excluding hydrogens is 335 g/mol. The molecule has 0 radical (unpaired) electrons. The molecule has 0 N–H and O–H groups in total. The maximum Gasteiger partial charge on any atom is 0.127 e. The molecule has 3 rings (SSSR count). The first-order chi connectivity index (χ1) is 11.0. The van der Waals surface area contributed by atoms with Gasteiger partial charge in [0.15, 0.2) is 0 Å². The molecule has 0 amide bonds. The van der Waals surface area contributed by atoms with Gasteiger partial charge in [-0.2, -0.15) is 0 Å². The summed E-state index contributed by atoms with van der Waals surface area (Å²) in [5.74, 6) is -0.775. The zero-order chi connectivity index (χ0) is 16.4. The third-order valence-corrected chi connectivity index (χ3v) is 4.85. The highest BCUT2D eigenvalue weighted by atomic mass is 35.5. The summed E-state index contributed by atoms with van der Waals surface area (Å²) in [7, 11) is 0. The van der Waals surface area contributed by atoms with E-state index in [4.69, 9.17) is 11.6 Å². The molecule has 5 heteroatoms. The van der Waals surface area contributed by atoms with E-state index < -0.39 is 16.9 Å². The topological polar surface area (TPSA) is 40.1 Å². The number of hydrogen-bond acceptors (Lipinski definition) is 2. The van der Waals surface area contributed by atoms with Gasteiger partial charge in [0, 0.05) is 10.8 Å². The van der Waals surface area contributed by atoms with Crippen LogP contribution in [0.1, 0.15) is 36.0 Å². The largest absolute Gasteiger partial charge is 0.772 e. The minimum absolute atomic E-state index is 0.199. The van der Waals surface area contributed by atoms with Gasteiger partial charge in [-0.1, -0.05) is 46.9 Å². The minimum atomic E-state index is -2.29. The summed E-state index contributed by atoms with van der Waals surface area (Å²) < 4.78 is 35.6. The third-order valence-electron chi connectivity index (χ3n) is 4.07. The number of benzene rings is 2. The van der Waals surface area contributed by atoms with E-state index in [-0.39, 0.29) is 11.3 Å². The van der Waals surface area contributed by atoms with Crippen molar-refractivity contribution in [3.63, 3.8) is 0 Å². The number of hydrogen-bond donors (Lipinski definition) is 0. The maximum absolute atomic E-state index is 14.1. The van der Waals surface area contributed by atoms with Crippen molar-refractivity contribution < 1.29 is 13.2 Å². The summed E-state index contributed by atoms with van der Waals surface area (Å²) in [6.07, 6.45) is 2.84. The smallest absolute Gasteiger partial charge is 0.127 e. The SMILES string of the molecule is O=S([O-])Cc1ccc(C2=C(c3cccc(Cl)c3)CCC2)cc1F. The molecule has 0 saturated carbocycles. The van der Waals surface area contributed by atoms with Crippen molar-refractivity contribution in [2.45, 2.75) is 25.0 Å². The van der Waals surface area contributed by atoms with Crippen molar-refractivity contribution in [2.75, 3.05) is 0 Å². The summed E-state index contributed by atoms with van der Waals surface area (Å²) in [5.41, 5.74) is 4.38. The highest BCUT2D eigenvalue weighted by Crippen LogP contribution is 2.40. The van der Waals surface area contributed by atoms with Crippen LogP contribution >= 0.6 is 11.6 Å². The first kappa shape index (κ1) is 16.4. The summed E-state index contributed by atoms with van der Waals surface area (Å²) in [6, 6.07) is 12.5. The molecule has 23 heavy (non-hydrogen) atoms. The molecule has 1 aliphatic rings. The van der Waals surface area contributed by atoms with Crippen molar-refractivity contribution in [1.29, 1.82) is 0 Å². The Morgan fingerprint density at radius 2 is 1.78 bits per heavy atom. The molecule has 2 aromatic rings. The van der Waals surface area contributed by atoms with Crippen molar-refractivity contribution >= 4 is 33.8 Å². The predicted octanol–water partition coefficient (Wildman–Crippen LogP) is 4.95. The van der Waals surface area contributed by atoms with Crippen LogP contribution in [0.2, 0.25) is 5.02 Å². The van der Waals surface area contributed by atoms with Crippen molar-refractivity contribution in [1.82, 2.24) is 0 Å². The zero-order valence-corrected chi connectivity index (χ0v) is 13.9. The van der Waals surface area contributed by atoms with Crippen LogP contribution in [-0.4, -0.2) is 8.76 Å². The number of allylic oxidation sites excluding steroid dienone is 2. The van der Waals surface area contributed by atoms with E-state index in [1.165, 1.54) is 11.6 Å². The Labute approximate surface area is 142 Å². The van der Waals surface area contributed by atoms with E-state index >= 15 is 0 Å². The molecule has 0 spiro atoms. The summed E-state index contributed by atoms with van der Waals surface area (Å²) in [5, 5.41) is 0.681. The lowest BCUT2D eigenvalue weighted by atomic mass is 9.96. The quantitative estimate of drug-likeness (QED) is 0.732. The fraction of sp³-hybridized carbons (Fsp3) is 0.222. The van der Waals surface area contributed by atoms with Gasteiger partial charge in [0.05, 0.1) is 0 Å². The van der Waals surface area contributed by atoms with Gasteiger partial charge >= 0.3 is 0 Å². The molecule has 1 aliphatic carbocycles. The van der Waals surface area contributed by atoms with Crippen LogP contribution in [0.3, 0.4) is 0 Å². The first-order valence-electron chi connectivity index (χ1n) is 7.37. The molecule has 2 nitrogen and oxygen atoms in total. The molecule has 1 atom stereocenters. The molecule has 0 saturated heterocycles. The van der Waals surface area contributed by atoms with E-state index in [9.17, 15) is 13.2 Å². The van der Waals surface area contributed by atoms with Crippen LogP contribution in [0.4, 0.5) is 4.39 Å². The molecule has 0 aromatic heterocycles. The Morgan fingerprint density at radius 1 is 1.09 bits per heavy atom. The van der Waals surface area contributed by atoms with Crippen LogP contribution < -0.4 is 0 Å². The van der Waals surface area contributed by atoms with Gasteiger partial charge in [-0.15, -0.1) is 0 Å². The Kier molecular flexibility index (Phi) is 4.95.